The Bertz CT molecular complexity index is 723. The van der Waals surface area contributed by atoms with Crippen molar-refractivity contribution in [2.75, 3.05) is 0 Å². The number of nitro groups is 1. The van der Waals surface area contributed by atoms with E-state index in [0.717, 1.165) is 5.56 Å². The number of halogens is 1. The van der Waals surface area contributed by atoms with Gasteiger partial charge in [0.05, 0.1) is 16.0 Å². The number of nitrogens with zero attached hydrogens (tertiary/aromatic N) is 2. The second kappa shape index (κ2) is 5.59. The van der Waals surface area contributed by atoms with E-state index < -0.39 is 4.92 Å². The van der Waals surface area contributed by atoms with Crippen molar-refractivity contribution in [2.24, 2.45) is 0 Å². The average Bonchev–Trinajstić information content (AvgIpc) is 2.42. The zero-order valence-corrected chi connectivity index (χ0v) is 11.2. The number of benzene rings is 2. The number of hydrogen-bond donors (Lipinski definition) is 0. The molecule has 0 fully saturated rings. The zero-order valence-electron chi connectivity index (χ0n) is 10.5. The van der Waals surface area contributed by atoms with Crippen LogP contribution in [0.25, 0.3) is 0 Å². The molecule has 0 saturated heterocycles. The van der Waals surface area contributed by atoms with Crippen LogP contribution in [0.5, 0.6) is 11.5 Å². The van der Waals surface area contributed by atoms with Crippen LogP contribution in [-0.2, 0) is 0 Å². The lowest BCUT2D eigenvalue weighted by Crippen LogP contribution is -1.94. The Morgan fingerprint density at radius 2 is 2.05 bits per heavy atom. The van der Waals surface area contributed by atoms with E-state index in [4.69, 9.17) is 21.6 Å². The van der Waals surface area contributed by atoms with E-state index in [-0.39, 0.29) is 17.0 Å². The zero-order chi connectivity index (χ0) is 14.7. The molecule has 0 saturated carbocycles. The number of hydrogen-bond acceptors (Lipinski definition) is 4. The summed E-state index contributed by atoms with van der Waals surface area (Å²) in [4.78, 5) is 10.3. The maximum Gasteiger partial charge on any atom is 0.290 e. The highest BCUT2D eigenvalue weighted by molar-refractivity contribution is 6.32. The molecule has 0 bridgehead atoms. The molecule has 0 spiro atoms. The van der Waals surface area contributed by atoms with E-state index in [1.54, 1.807) is 18.2 Å². The smallest absolute Gasteiger partial charge is 0.290 e. The van der Waals surface area contributed by atoms with E-state index in [0.29, 0.717) is 10.8 Å². The lowest BCUT2D eigenvalue weighted by atomic mass is 10.2. The van der Waals surface area contributed by atoms with Gasteiger partial charge in [0.1, 0.15) is 23.1 Å². The van der Waals surface area contributed by atoms with Gasteiger partial charge in [0, 0.05) is 0 Å². The number of nitro benzene ring substituents is 1. The molecule has 5 nitrogen and oxygen atoms in total. The SMILES string of the molecule is Cc1ccc(Cl)c(Oc2ccc(C#N)c([N+](=O)[O-])c2)c1. The third kappa shape index (κ3) is 2.87. The Morgan fingerprint density at radius 1 is 1.30 bits per heavy atom. The Hall–Kier alpha value is -2.58. The minimum Gasteiger partial charge on any atom is -0.456 e. The van der Waals surface area contributed by atoms with Gasteiger partial charge in [-0.05, 0) is 36.8 Å². The number of aryl methyl sites for hydroxylation is 1. The molecule has 0 aromatic heterocycles. The van der Waals surface area contributed by atoms with Crippen LogP contribution >= 0.6 is 11.6 Å². The first-order chi connectivity index (χ1) is 9.51. The standard InChI is InChI=1S/C14H9ClN2O3/c1-9-2-5-12(15)14(6-9)20-11-4-3-10(8-16)13(7-11)17(18)19/h2-7H,1H3. The number of rotatable bonds is 3. The molecule has 2 rings (SSSR count). The molecule has 0 heterocycles. The summed E-state index contributed by atoms with van der Waals surface area (Å²) in [6.07, 6.45) is 0. The Labute approximate surface area is 120 Å². The van der Waals surface area contributed by atoms with Gasteiger partial charge < -0.3 is 4.74 Å². The highest BCUT2D eigenvalue weighted by Gasteiger charge is 2.15. The maximum absolute atomic E-state index is 10.9. The fraction of sp³-hybridized carbons (Fsp3) is 0.0714. The summed E-state index contributed by atoms with van der Waals surface area (Å²) in [5.41, 5.74) is 0.638. The molecule has 0 amide bonds. The molecule has 100 valence electrons. The fourth-order valence-electron chi connectivity index (χ4n) is 1.64. The minimum atomic E-state index is -0.622. The number of nitriles is 1. The molecule has 0 aliphatic heterocycles. The van der Waals surface area contributed by atoms with Crippen LogP contribution in [0.4, 0.5) is 5.69 Å². The van der Waals surface area contributed by atoms with E-state index in [1.165, 1.54) is 18.2 Å². The monoisotopic (exact) mass is 288 g/mol. The lowest BCUT2D eigenvalue weighted by Gasteiger charge is -2.08. The molecule has 6 heteroatoms. The fourth-order valence-corrected chi connectivity index (χ4v) is 1.79. The van der Waals surface area contributed by atoms with Gasteiger partial charge in [-0.2, -0.15) is 5.26 Å². The highest BCUT2D eigenvalue weighted by atomic mass is 35.5. The van der Waals surface area contributed by atoms with Crippen molar-refractivity contribution in [3.8, 4) is 17.6 Å². The predicted molar refractivity (Wildman–Crippen MR) is 74.1 cm³/mol. The third-order valence-electron chi connectivity index (χ3n) is 2.60. The highest BCUT2D eigenvalue weighted by Crippen LogP contribution is 2.32. The summed E-state index contributed by atoms with van der Waals surface area (Å²) in [5.74, 6) is 0.661. The van der Waals surface area contributed by atoms with Crippen molar-refractivity contribution in [3.05, 3.63) is 62.7 Å². The van der Waals surface area contributed by atoms with Gasteiger partial charge in [0.25, 0.3) is 5.69 Å². The van der Waals surface area contributed by atoms with Crippen LogP contribution < -0.4 is 4.74 Å². The first-order valence-electron chi connectivity index (χ1n) is 5.64. The molecule has 0 radical (unpaired) electrons. The maximum atomic E-state index is 10.9. The summed E-state index contributed by atoms with van der Waals surface area (Å²) in [6, 6.07) is 11.0. The van der Waals surface area contributed by atoms with Crippen molar-refractivity contribution in [2.45, 2.75) is 6.92 Å². The van der Waals surface area contributed by atoms with Gasteiger partial charge in [-0.3, -0.25) is 10.1 Å². The molecule has 0 aliphatic rings. The van der Waals surface area contributed by atoms with Crippen LogP contribution in [0.1, 0.15) is 11.1 Å². The molecule has 0 unspecified atom stereocenters. The molecular formula is C14H9ClN2O3. The van der Waals surface area contributed by atoms with Gasteiger partial charge in [-0.25, -0.2) is 0 Å². The van der Waals surface area contributed by atoms with Crippen LogP contribution in [-0.4, -0.2) is 4.92 Å². The molecule has 2 aromatic carbocycles. The van der Waals surface area contributed by atoms with Crippen molar-refractivity contribution in [1.29, 1.82) is 5.26 Å². The van der Waals surface area contributed by atoms with Crippen molar-refractivity contribution >= 4 is 17.3 Å². The van der Waals surface area contributed by atoms with Crippen LogP contribution in [0.2, 0.25) is 5.02 Å². The van der Waals surface area contributed by atoms with Gasteiger partial charge >= 0.3 is 0 Å². The van der Waals surface area contributed by atoms with Gasteiger partial charge in [-0.15, -0.1) is 0 Å². The Balaban J connectivity index is 2.40. The normalized spacial score (nSPS) is 9.85. The summed E-state index contributed by atoms with van der Waals surface area (Å²) in [6.45, 7) is 1.88. The van der Waals surface area contributed by atoms with E-state index >= 15 is 0 Å². The molecule has 0 N–H and O–H groups in total. The Morgan fingerprint density at radius 3 is 2.70 bits per heavy atom. The summed E-state index contributed by atoms with van der Waals surface area (Å²) in [7, 11) is 0. The second-order valence-electron chi connectivity index (χ2n) is 4.08. The molecule has 0 atom stereocenters. The van der Waals surface area contributed by atoms with Gasteiger partial charge in [-0.1, -0.05) is 17.7 Å². The molecular weight excluding hydrogens is 280 g/mol. The number of ether oxygens (including phenoxy) is 1. The predicted octanol–water partition coefficient (Wildman–Crippen LogP) is 4.22. The van der Waals surface area contributed by atoms with E-state index in [9.17, 15) is 10.1 Å². The van der Waals surface area contributed by atoms with Crippen LogP contribution in [0.3, 0.4) is 0 Å². The van der Waals surface area contributed by atoms with E-state index in [1.807, 2.05) is 13.0 Å². The van der Waals surface area contributed by atoms with Crippen LogP contribution in [0.15, 0.2) is 36.4 Å². The summed E-state index contributed by atoms with van der Waals surface area (Å²) >= 11 is 6.00. The second-order valence-corrected chi connectivity index (χ2v) is 4.49. The average molecular weight is 289 g/mol. The molecule has 2 aromatic rings. The first kappa shape index (κ1) is 13.8. The van der Waals surface area contributed by atoms with Gasteiger partial charge in [0.15, 0.2) is 0 Å². The molecule has 0 aliphatic carbocycles. The Kier molecular flexibility index (Phi) is 3.87. The third-order valence-corrected chi connectivity index (χ3v) is 2.91. The van der Waals surface area contributed by atoms with E-state index in [2.05, 4.69) is 0 Å². The first-order valence-corrected chi connectivity index (χ1v) is 6.01. The minimum absolute atomic E-state index is 0.0160. The summed E-state index contributed by atoms with van der Waals surface area (Å²) in [5, 5.41) is 20.1. The van der Waals surface area contributed by atoms with Crippen LogP contribution in [0, 0.1) is 28.4 Å². The largest absolute Gasteiger partial charge is 0.456 e. The van der Waals surface area contributed by atoms with Crippen molar-refractivity contribution in [1.82, 2.24) is 0 Å². The topological polar surface area (TPSA) is 76.2 Å². The summed E-state index contributed by atoms with van der Waals surface area (Å²) < 4.78 is 5.53. The quantitative estimate of drug-likeness (QED) is 0.626. The lowest BCUT2D eigenvalue weighted by molar-refractivity contribution is -0.385. The van der Waals surface area contributed by atoms with Crippen molar-refractivity contribution in [3.63, 3.8) is 0 Å². The van der Waals surface area contributed by atoms with Crippen molar-refractivity contribution < 1.29 is 9.66 Å². The van der Waals surface area contributed by atoms with Gasteiger partial charge in [0.2, 0.25) is 0 Å². The molecule has 20 heavy (non-hydrogen) atoms.